The zero-order valence-electron chi connectivity index (χ0n) is 9.90. The maximum atomic E-state index is 5.72. The average Bonchev–Trinajstić information content (AvgIpc) is 2.70. The molecule has 0 amide bonds. The van der Waals surface area contributed by atoms with Crippen LogP contribution in [-0.2, 0) is 9.47 Å². The molecule has 1 aromatic carbocycles. The van der Waals surface area contributed by atoms with Crippen LogP contribution in [0.25, 0.3) is 0 Å². The Bertz CT molecular complexity index is 341. The van der Waals surface area contributed by atoms with Gasteiger partial charge in [0.1, 0.15) is 0 Å². The highest BCUT2D eigenvalue weighted by molar-refractivity contribution is 5.40. The summed E-state index contributed by atoms with van der Waals surface area (Å²) < 4.78 is 11.4. The molecule has 1 atom stereocenters. The molecule has 16 heavy (non-hydrogen) atoms. The molecular weight excluding hydrogens is 202 g/mol. The van der Waals surface area contributed by atoms with Crippen LogP contribution < -0.4 is 5.73 Å². The summed E-state index contributed by atoms with van der Waals surface area (Å²) in [6.45, 7) is 5.53. The third kappa shape index (κ3) is 2.06. The molecule has 2 N–H and O–H groups in total. The van der Waals surface area contributed by atoms with Crippen LogP contribution in [0.1, 0.15) is 31.7 Å². The second-order valence-corrected chi connectivity index (χ2v) is 4.34. The van der Waals surface area contributed by atoms with Crippen molar-refractivity contribution in [1.82, 2.24) is 0 Å². The Hall–Kier alpha value is -1.06. The lowest BCUT2D eigenvalue weighted by Gasteiger charge is -2.32. The van der Waals surface area contributed by atoms with Gasteiger partial charge in [0.05, 0.1) is 13.2 Å². The monoisotopic (exact) mass is 221 g/mol. The molecule has 88 valence electrons. The van der Waals surface area contributed by atoms with Gasteiger partial charge in [0, 0.05) is 11.6 Å². The summed E-state index contributed by atoms with van der Waals surface area (Å²) in [6.07, 6.45) is 0.987. The van der Waals surface area contributed by atoms with E-state index in [1.54, 1.807) is 0 Å². The normalized spacial score (nSPS) is 20.9. The topological polar surface area (TPSA) is 44.5 Å². The first-order valence-corrected chi connectivity index (χ1v) is 5.79. The van der Waals surface area contributed by atoms with Gasteiger partial charge in [-0.3, -0.25) is 0 Å². The Morgan fingerprint density at radius 3 is 2.31 bits per heavy atom. The largest absolute Gasteiger partial charge is 0.399 e. The number of benzene rings is 1. The zero-order valence-corrected chi connectivity index (χ0v) is 9.90. The van der Waals surface area contributed by atoms with E-state index in [0.717, 1.165) is 12.1 Å². The molecule has 0 bridgehead atoms. The molecule has 1 aliphatic rings. The van der Waals surface area contributed by atoms with Crippen molar-refractivity contribution in [1.29, 1.82) is 0 Å². The molecule has 1 unspecified atom stereocenters. The lowest BCUT2D eigenvalue weighted by Crippen LogP contribution is -2.33. The van der Waals surface area contributed by atoms with Crippen LogP contribution in [0.5, 0.6) is 0 Å². The van der Waals surface area contributed by atoms with Gasteiger partial charge in [-0.15, -0.1) is 0 Å². The third-order valence-electron chi connectivity index (χ3n) is 3.24. The van der Waals surface area contributed by atoms with Gasteiger partial charge in [0.2, 0.25) is 0 Å². The summed E-state index contributed by atoms with van der Waals surface area (Å²) in [4.78, 5) is 0. The smallest absolute Gasteiger partial charge is 0.172 e. The molecular formula is C13H19NO2. The zero-order chi connectivity index (χ0) is 11.6. The molecule has 1 heterocycles. The van der Waals surface area contributed by atoms with Crippen LogP contribution in [0.3, 0.4) is 0 Å². The fraction of sp³-hybridized carbons (Fsp3) is 0.538. The minimum atomic E-state index is -0.481. The Kier molecular flexibility index (Phi) is 3.17. The van der Waals surface area contributed by atoms with Crippen molar-refractivity contribution in [2.45, 2.75) is 32.0 Å². The lowest BCUT2D eigenvalue weighted by molar-refractivity contribution is -0.160. The van der Waals surface area contributed by atoms with Gasteiger partial charge < -0.3 is 15.2 Å². The number of nitrogens with two attached hydrogens (primary N) is 1. The van der Waals surface area contributed by atoms with Crippen LogP contribution in [0.15, 0.2) is 24.3 Å². The molecule has 1 fully saturated rings. The van der Waals surface area contributed by atoms with Gasteiger partial charge in [-0.1, -0.05) is 19.1 Å². The molecule has 1 aromatic rings. The first kappa shape index (κ1) is 11.4. The molecule has 0 spiro atoms. The number of ether oxygens (including phenoxy) is 2. The van der Waals surface area contributed by atoms with E-state index in [2.05, 4.69) is 19.1 Å². The maximum absolute atomic E-state index is 5.72. The summed E-state index contributed by atoms with van der Waals surface area (Å²) >= 11 is 0. The summed E-state index contributed by atoms with van der Waals surface area (Å²) in [5, 5.41) is 0. The van der Waals surface area contributed by atoms with Gasteiger partial charge in [0.15, 0.2) is 5.79 Å². The van der Waals surface area contributed by atoms with E-state index >= 15 is 0 Å². The molecule has 0 aromatic heterocycles. The number of nitrogen functional groups attached to an aromatic ring is 1. The van der Waals surface area contributed by atoms with E-state index in [9.17, 15) is 0 Å². The molecule has 2 rings (SSSR count). The summed E-state index contributed by atoms with van der Waals surface area (Å²) in [7, 11) is 0. The molecule has 3 heteroatoms. The first-order valence-electron chi connectivity index (χ1n) is 5.79. The summed E-state index contributed by atoms with van der Waals surface area (Å²) in [6, 6.07) is 7.96. The fourth-order valence-electron chi connectivity index (χ4n) is 2.37. The molecule has 0 saturated carbocycles. The van der Waals surface area contributed by atoms with Crippen LogP contribution >= 0.6 is 0 Å². The predicted octanol–water partition coefficient (Wildman–Crippen LogP) is 2.53. The first-order chi connectivity index (χ1) is 7.65. The number of anilines is 1. The fourth-order valence-corrected chi connectivity index (χ4v) is 2.37. The Morgan fingerprint density at radius 1 is 1.25 bits per heavy atom. The van der Waals surface area contributed by atoms with E-state index in [-0.39, 0.29) is 5.92 Å². The van der Waals surface area contributed by atoms with E-state index in [4.69, 9.17) is 15.2 Å². The van der Waals surface area contributed by atoms with E-state index < -0.39 is 5.79 Å². The van der Waals surface area contributed by atoms with Crippen LogP contribution in [0, 0.1) is 0 Å². The van der Waals surface area contributed by atoms with Crippen molar-refractivity contribution in [2.24, 2.45) is 0 Å². The van der Waals surface area contributed by atoms with Gasteiger partial charge in [-0.2, -0.15) is 0 Å². The van der Waals surface area contributed by atoms with Crippen molar-refractivity contribution in [3.8, 4) is 0 Å². The molecule has 1 saturated heterocycles. The second-order valence-electron chi connectivity index (χ2n) is 4.34. The summed E-state index contributed by atoms with van der Waals surface area (Å²) in [5.41, 5.74) is 7.70. The molecule has 0 aliphatic carbocycles. The molecule has 1 aliphatic heterocycles. The average molecular weight is 221 g/mol. The van der Waals surface area contributed by atoms with Crippen molar-refractivity contribution in [3.05, 3.63) is 29.8 Å². The quantitative estimate of drug-likeness (QED) is 0.798. The SMILES string of the molecule is CCC(c1ccc(N)cc1)C1(C)OCCO1. The highest BCUT2D eigenvalue weighted by Crippen LogP contribution is 2.37. The minimum absolute atomic E-state index is 0.260. The van der Waals surface area contributed by atoms with Crippen LogP contribution in [0.2, 0.25) is 0 Å². The number of hydrogen-bond acceptors (Lipinski definition) is 3. The highest BCUT2D eigenvalue weighted by Gasteiger charge is 2.39. The van der Waals surface area contributed by atoms with Crippen molar-refractivity contribution in [2.75, 3.05) is 18.9 Å². The standard InChI is InChI=1S/C13H19NO2/c1-3-12(13(2)15-8-9-16-13)10-4-6-11(14)7-5-10/h4-7,12H,3,8-9,14H2,1-2H3. The van der Waals surface area contributed by atoms with Crippen molar-refractivity contribution in [3.63, 3.8) is 0 Å². The Labute approximate surface area is 96.5 Å². The Balaban J connectivity index is 2.25. The van der Waals surface area contributed by atoms with E-state index in [0.29, 0.717) is 13.2 Å². The van der Waals surface area contributed by atoms with Crippen molar-refractivity contribution >= 4 is 5.69 Å². The summed E-state index contributed by atoms with van der Waals surface area (Å²) in [5.74, 6) is -0.221. The highest BCUT2D eigenvalue weighted by atomic mass is 16.7. The van der Waals surface area contributed by atoms with Gasteiger partial charge >= 0.3 is 0 Å². The maximum Gasteiger partial charge on any atom is 0.172 e. The van der Waals surface area contributed by atoms with Gasteiger partial charge in [0.25, 0.3) is 0 Å². The van der Waals surface area contributed by atoms with E-state index in [1.165, 1.54) is 5.56 Å². The van der Waals surface area contributed by atoms with Gasteiger partial charge in [-0.05, 0) is 31.0 Å². The number of rotatable bonds is 3. The molecule has 3 nitrogen and oxygen atoms in total. The molecule has 0 radical (unpaired) electrons. The second kappa shape index (κ2) is 4.44. The predicted molar refractivity (Wildman–Crippen MR) is 64.2 cm³/mol. The number of hydrogen-bond donors (Lipinski definition) is 1. The third-order valence-corrected chi connectivity index (χ3v) is 3.24. The Morgan fingerprint density at radius 2 is 1.81 bits per heavy atom. The van der Waals surface area contributed by atoms with Crippen molar-refractivity contribution < 1.29 is 9.47 Å². The van der Waals surface area contributed by atoms with Crippen LogP contribution in [0.4, 0.5) is 5.69 Å². The van der Waals surface area contributed by atoms with Crippen LogP contribution in [-0.4, -0.2) is 19.0 Å². The van der Waals surface area contributed by atoms with Gasteiger partial charge in [-0.25, -0.2) is 0 Å². The van der Waals surface area contributed by atoms with E-state index in [1.807, 2.05) is 19.1 Å². The lowest BCUT2D eigenvalue weighted by atomic mass is 9.89. The minimum Gasteiger partial charge on any atom is -0.399 e.